The summed E-state index contributed by atoms with van der Waals surface area (Å²) < 4.78 is 15.5. The van der Waals surface area contributed by atoms with E-state index in [4.69, 9.17) is 10.9 Å². The Labute approximate surface area is 138 Å². The van der Waals surface area contributed by atoms with Gasteiger partial charge in [0.25, 0.3) is 0 Å². The summed E-state index contributed by atoms with van der Waals surface area (Å²) in [5, 5.41) is 13.7. The monoisotopic (exact) mass is 343 g/mol. The quantitative estimate of drug-likeness (QED) is 0.332. The minimum absolute atomic E-state index is 0.0628. The zero-order valence-corrected chi connectivity index (χ0v) is 15.0. The van der Waals surface area contributed by atoms with Crippen LogP contribution in [-0.4, -0.2) is 20.0 Å². The zero-order valence-electron chi connectivity index (χ0n) is 13.3. The van der Waals surface area contributed by atoms with E-state index in [0.717, 1.165) is 17.7 Å². The van der Waals surface area contributed by atoms with Gasteiger partial charge in [-0.2, -0.15) is 0 Å². The molecule has 0 amide bonds. The lowest BCUT2D eigenvalue weighted by Gasteiger charge is -2.27. The Bertz CT molecular complexity index is 557. The molecule has 1 aromatic rings. The standard InChI is InChI=1S/C15H25N3O2S2/c1-15(2,3)22(20)18-13(10-6-4-5-7-10)12-8-11(9-21-12)14(16)17-19/h8-10,13,18-19H,4-7H2,1-3H3,(H2,16,17)/t13-,22+/m1/s1. The minimum Gasteiger partial charge on any atom is -0.409 e. The number of hydrogen-bond acceptors (Lipinski definition) is 4. The van der Waals surface area contributed by atoms with Crippen LogP contribution in [0.5, 0.6) is 0 Å². The van der Waals surface area contributed by atoms with E-state index in [1.807, 2.05) is 32.2 Å². The Morgan fingerprint density at radius 3 is 2.68 bits per heavy atom. The molecule has 1 fully saturated rings. The first-order valence-electron chi connectivity index (χ1n) is 7.57. The number of nitrogens with one attached hydrogen (secondary N) is 1. The van der Waals surface area contributed by atoms with Crippen molar-refractivity contribution in [1.29, 1.82) is 0 Å². The molecule has 1 aliphatic rings. The predicted molar refractivity (Wildman–Crippen MR) is 92.6 cm³/mol. The molecule has 0 aromatic carbocycles. The summed E-state index contributed by atoms with van der Waals surface area (Å²) >= 11 is 1.57. The van der Waals surface area contributed by atoms with Crippen LogP contribution >= 0.6 is 11.3 Å². The lowest BCUT2D eigenvalue weighted by Crippen LogP contribution is -2.37. The van der Waals surface area contributed by atoms with E-state index in [1.54, 1.807) is 11.3 Å². The van der Waals surface area contributed by atoms with Crippen LogP contribution in [0.25, 0.3) is 0 Å². The van der Waals surface area contributed by atoms with Gasteiger partial charge in [-0.3, -0.25) is 0 Å². The average molecular weight is 344 g/mol. The van der Waals surface area contributed by atoms with Gasteiger partial charge in [-0.25, -0.2) is 8.93 Å². The summed E-state index contributed by atoms with van der Waals surface area (Å²) in [6.07, 6.45) is 4.75. The van der Waals surface area contributed by atoms with Crippen LogP contribution < -0.4 is 10.5 Å². The molecule has 0 radical (unpaired) electrons. The van der Waals surface area contributed by atoms with E-state index in [2.05, 4.69) is 9.88 Å². The summed E-state index contributed by atoms with van der Waals surface area (Å²) in [4.78, 5) is 1.10. The number of nitrogens with two attached hydrogens (primary N) is 1. The predicted octanol–water partition coefficient (Wildman–Crippen LogP) is 3.13. The first-order valence-corrected chi connectivity index (χ1v) is 9.60. The second kappa shape index (κ2) is 7.10. The Kier molecular flexibility index (Phi) is 5.63. The van der Waals surface area contributed by atoms with Crippen molar-refractivity contribution in [3.8, 4) is 0 Å². The number of rotatable bonds is 5. The Balaban J connectivity index is 2.24. The molecule has 0 saturated heterocycles. The van der Waals surface area contributed by atoms with Crippen LogP contribution in [0.3, 0.4) is 0 Å². The van der Waals surface area contributed by atoms with Crippen molar-refractivity contribution in [2.45, 2.75) is 57.2 Å². The van der Waals surface area contributed by atoms with Gasteiger partial charge in [0.1, 0.15) is 0 Å². The highest BCUT2D eigenvalue weighted by Gasteiger charge is 2.31. The van der Waals surface area contributed by atoms with Crippen LogP contribution in [0.2, 0.25) is 0 Å². The largest absolute Gasteiger partial charge is 0.409 e. The van der Waals surface area contributed by atoms with E-state index in [1.165, 1.54) is 12.8 Å². The van der Waals surface area contributed by atoms with Crippen LogP contribution in [0.1, 0.15) is 62.9 Å². The molecule has 0 bridgehead atoms. The summed E-state index contributed by atoms with van der Waals surface area (Å²) in [5.74, 6) is 0.606. The summed E-state index contributed by atoms with van der Waals surface area (Å²) in [6, 6.07) is 2.00. The molecule has 2 rings (SSSR count). The number of nitrogens with zero attached hydrogens (tertiary/aromatic N) is 1. The van der Waals surface area contributed by atoms with Gasteiger partial charge in [-0.05, 0) is 45.6 Å². The van der Waals surface area contributed by atoms with E-state index in [-0.39, 0.29) is 16.6 Å². The van der Waals surface area contributed by atoms with Crippen molar-refractivity contribution < 1.29 is 9.42 Å². The van der Waals surface area contributed by atoms with Crippen molar-refractivity contribution >= 4 is 28.2 Å². The Hall–Kier alpha value is -0.920. The van der Waals surface area contributed by atoms with Gasteiger partial charge in [-0.1, -0.05) is 18.0 Å². The van der Waals surface area contributed by atoms with Crippen LogP contribution in [-0.2, 0) is 11.0 Å². The summed E-state index contributed by atoms with van der Waals surface area (Å²) in [7, 11) is -1.12. The first-order chi connectivity index (χ1) is 10.3. The highest BCUT2D eigenvalue weighted by atomic mass is 32.2. The van der Waals surface area contributed by atoms with Crippen LogP contribution in [0.4, 0.5) is 0 Å². The van der Waals surface area contributed by atoms with E-state index in [0.29, 0.717) is 11.5 Å². The fourth-order valence-corrected chi connectivity index (χ4v) is 4.70. The van der Waals surface area contributed by atoms with Crippen LogP contribution in [0, 0.1) is 5.92 Å². The maximum atomic E-state index is 12.5. The molecular weight excluding hydrogens is 318 g/mol. The fourth-order valence-electron chi connectivity index (χ4n) is 2.68. The molecule has 1 heterocycles. The molecule has 1 aliphatic carbocycles. The summed E-state index contributed by atoms with van der Waals surface area (Å²) in [5.41, 5.74) is 6.37. The molecule has 4 N–H and O–H groups in total. The first kappa shape index (κ1) is 17.4. The zero-order chi connectivity index (χ0) is 16.3. The number of oxime groups is 1. The Morgan fingerprint density at radius 2 is 2.14 bits per heavy atom. The van der Waals surface area contributed by atoms with Crippen molar-refractivity contribution in [1.82, 2.24) is 4.72 Å². The fraction of sp³-hybridized carbons (Fsp3) is 0.667. The van der Waals surface area contributed by atoms with Gasteiger partial charge in [0.2, 0.25) is 0 Å². The smallest absolute Gasteiger partial charge is 0.170 e. The molecule has 0 unspecified atom stereocenters. The van der Waals surface area contributed by atoms with Crippen molar-refractivity contribution in [3.63, 3.8) is 0 Å². The van der Waals surface area contributed by atoms with Gasteiger partial charge in [0, 0.05) is 15.8 Å². The van der Waals surface area contributed by atoms with E-state index >= 15 is 0 Å². The van der Waals surface area contributed by atoms with Gasteiger partial charge >= 0.3 is 0 Å². The molecule has 5 nitrogen and oxygen atoms in total. The highest BCUT2D eigenvalue weighted by Crippen LogP contribution is 2.38. The Morgan fingerprint density at radius 1 is 1.50 bits per heavy atom. The minimum atomic E-state index is -1.12. The number of amidine groups is 1. The second-order valence-corrected chi connectivity index (χ2v) is 9.68. The van der Waals surface area contributed by atoms with Crippen molar-refractivity contribution in [3.05, 3.63) is 21.9 Å². The lowest BCUT2D eigenvalue weighted by atomic mass is 9.97. The topological polar surface area (TPSA) is 87.7 Å². The molecule has 2 atom stereocenters. The van der Waals surface area contributed by atoms with Gasteiger partial charge in [-0.15, -0.1) is 11.3 Å². The van der Waals surface area contributed by atoms with E-state index < -0.39 is 11.0 Å². The second-order valence-electron chi connectivity index (χ2n) is 6.74. The van der Waals surface area contributed by atoms with Gasteiger partial charge in [0.05, 0.1) is 21.8 Å². The molecule has 1 aromatic heterocycles. The van der Waals surface area contributed by atoms with E-state index in [9.17, 15) is 4.21 Å². The maximum Gasteiger partial charge on any atom is 0.170 e. The summed E-state index contributed by atoms with van der Waals surface area (Å²) in [6.45, 7) is 5.91. The molecule has 7 heteroatoms. The average Bonchev–Trinajstić information content (AvgIpc) is 3.13. The molecule has 124 valence electrons. The maximum absolute atomic E-state index is 12.5. The highest BCUT2D eigenvalue weighted by molar-refractivity contribution is 7.84. The number of hydrogen-bond donors (Lipinski definition) is 3. The third kappa shape index (κ3) is 4.08. The number of thiophene rings is 1. The third-order valence-electron chi connectivity index (χ3n) is 3.99. The molecule has 1 saturated carbocycles. The molecular formula is C15H25N3O2S2. The molecule has 22 heavy (non-hydrogen) atoms. The van der Waals surface area contributed by atoms with Crippen molar-refractivity contribution in [2.75, 3.05) is 0 Å². The van der Waals surface area contributed by atoms with Gasteiger partial charge < -0.3 is 10.9 Å². The molecule has 0 aliphatic heterocycles. The molecule has 0 spiro atoms. The van der Waals surface area contributed by atoms with Crippen molar-refractivity contribution in [2.24, 2.45) is 16.8 Å². The SMILES string of the molecule is CC(C)(C)[S@](=O)N[C@@H](c1cc(/C(N)=N/O)cs1)C1CCCC1. The third-order valence-corrected chi connectivity index (χ3v) is 6.59. The van der Waals surface area contributed by atoms with Gasteiger partial charge in [0.15, 0.2) is 5.84 Å². The lowest BCUT2D eigenvalue weighted by molar-refractivity contribution is 0.318. The normalized spacial score (nSPS) is 20.2. The van der Waals surface area contributed by atoms with Crippen LogP contribution in [0.15, 0.2) is 16.6 Å².